The van der Waals surface area contributed by atoms with Gasteiger partial charge in [0.1, 0.15) is 5.75 Å². The van der Waals surface area contributed by atoms with E-state index in [9.17, 15) is 4.79 Å². The van der Waals surface area contributed by atoms with Gasteiger partial charge in [0.05, 0.1) is 12.8 Å². The van der Waals surface area contributed by atoms with Gasteiger partial charge in [0.25, 0.3) is 0 Å². The third-order valence-electron chi connectivity index (χ3n) is 3.16. The van der Waals surface area contributed by atoms with Gasteiger partial charge in [-0.05, 0) is 30.9 Å². The lowest BCUT2D eigenvalue weighted by atomic mass is 9.89. The van der Waals surface area contributed by atoms with Gasteiger partial charge in [-0.25, -0.2) is 0 Å². The molecule has 1 aromatic rings. The van der Waals surface area contributed by atoms with Crippen LogP contribution in [0.2, 0.25) is 0 Å². The van der Waals surface area contributed by atoms with E-state index in [0.29, 0.717) is 5.75 Å². The van der Waals surface area contributed by atoms with E-state index in [0.717, 1.165) is 17.0 Å². The van der Waals surface area contributed by atoms with Crippen LogP contribution < -0.4 is 10.1 Å². The molecular formula is C14H21NO2S. The summed E-state index contributed by atoms with van der Waals surface area (Å²) in [6.45, 7) is 5.88. The Labute approximate surface area is 113 Å². The molecule has 0 aliphatic carbocycles. The maximum atomic E-state index is 12.1. The zero-order chi connectivity index (χ0) is 13.8. The Hall–Kier alpha value is -1.16. The summed E-state index contributed by atoms with van der Waals surface area (Å²) >= 11 is 1.64. The van der Waals surface area contributed by atoms with Gasteiger partial charge in [-0.2, -0.15) is 0 Å². The molecule has 0 unspecified atom stereocenters. The molecule has 3 nitrogen and oxygen atoms in total. The van der Waals surface area contributed by atoms with Crippen molar-refractivity contribution in [3.05, 3.63) is 18.2 Å². The molecule has 18 heavy (non-hydrogen) atoms. The number of ether oxygens (including phenoxy) is 1. The summed E-state index contributed by atoms with van der Waals surface area (Å²) in [7, 11) is 1.61. The van der Waals surface area contributed by atoms with Crippen LogP contribution in [0.15, 0.2) is 23.1 Å². The van der Waals surface area contributed by atoms with E-state index in [1.165, 1.54) is 0 Å². The lowest BCUT2D eigenvalue weighted by Crippen LogP contribution is -2.30. The van der Waals surface area contributed by atoms with Gasteiger partial charge in [-0.1, -0.05) is 20.8 Å². The number of rotatable bonds is 5. The molecule has 0 bridgehead atoms. The smallest absolute Gasteiger partial charge is 0.230 e. The summed E-state index contributed by atoms with van der Waals surface area (Å²) in [6, 6.07) is 5.79. The molecule has 1 rings (SSSR count). The van der Waals surface area contributed by atoms with Gasteiger partial charge in [0.15, 0.2) is 0 Å². The maximum Gasteiger partial charge on any atom is 0.230 e. The fourth-order valence-corrected chi connectivity index (χ4v) is 1.78. The SMILES string of the molecule is CCC(C)(C)C(=O)Nc1ccc(SC)cc1OC. The third-order valence-corrected chi connectivity index (χ3v) is 3.88. The molecule has 1 aromatic carbocycles. The van der Waals surface area contributed by atoms with Crippen molar-refractivity contribution in [2.45, 2.75) is 32.1 Å². The Bertz CT molecular complexity index is 430. The highest BCUT2D eigenvalue weighted by Gasteiger charge is 2.25. The number of benzene rings is 1. The van der Waals surface area contributed by atoms with Crippen molar-refractivity contribution in [3.63, 3.8) is 0 Å². The highest BCUT2D eigenvalue weighted by atomic mass is 32.2. The number of nitrogens with one attached hydrogen (secondary N) is 1. The minimum absolute atomic E-state index is 0.0141. The van der Waals surface area contributed by atoms with E-state index in [1.807, 2.05) is 45.2 Å². The van der Waals surface area contributed by atoms with Crippen LogP contribution in [0.1, 0.15) is 27.2 Å². The summed E-state index contributed by atoms with van der Waals surface area (Å²) < 4.78 is 5.31. The van der Waals surface area contributed by atoms with E-state index in [4.69, 9.17) is 4.74 Å². The first-order chi connectivity index (χ1) is 8.44. The fourth-order valence-electron chi connectivity index (χ4n) is 1.35. The molecule has 0 fully saturated rings. The van der Waals surface area contributed by atoms with Gasteiger partial charge >= 0.3 is 0 Å². The molecule has 1 amide bonds. The average molecular weight is 267 g/mol. The molecule has 0 aliphatic heterocycles. The molecule has 0 aromatic heterocycles. The quantitative estimate of drug-likeness (QED) is 0.825. The molecule has 1 N–H and O–H groups in total. The normalized spacial score (nSPS) is 11.2. The zero-order valence-electron chi connectivity index (χ0n) is 11.7. The second-order valence-electron chi connectivity index (χ2n) is 4.76. The second kappa shape index (κ2) is 6.14. The maximum absolute atomic E-state index is 12.1. The number of anilines is 1. The van der Waals surface area contributed by atoms with E-state index in [1.54, 1.807) is 18.9 Å². The number of thioether (sulfide) groups is 1. The van der Waals surface area contributed by atoms with E-state index < -0.39 is 0 Å². The molecule has 0 heterocycles. The topological polar surface area (TPSA) is 38.3 Å². The third kappa shape index (κ3) is 3.42. The highest BCUT2D eigenvalue weighted by molar-refractivity contribution is 7.98. The van der Waals surface area contributed by atoms with Crippen molar-refractivity contribution in [1.82, 2.24) is 0 Å². The van der Waals surface area contributed by atoms with Gasteiger partial charge < -0.3 is 10.1 Å². The van der Waals surface area contributed by atoms with Gasteiger partial charge in [-0.15, -0.1) is 11.8 Å². The number of hydrogen-bond donors (Lipinski definition) is 1. The van der Waals surface area contributed by atoms with E-state index >= 15 is 0 Å². The first kappa shape index (κ1) is 14.9. The molecule has 0 radical (unpaired) electrons. The molecule has 0 spiro atoms. The van der Waals surface area contributed by atoms with Crippen LogP contribution in [-0.4, -0.2) is 19.3 Å². The monoisotopic (exact) mass is 267 g/mol. The Morgan fingerprint density at radius 1 is 1.44 bits per heavy atom. The van der Waals surface area contributed by atoms with Crippen molar-refractivity contribution >= 4 is 23.4 Å². The van der Waals surface area contributed by atoms with Crippen molar-refractivity contribution in [1.29, 1.82) is 0 Å². The van der Waals surface area contributed by atoms with Crippen LogP contribution in [0.4, 0.5) is 5.69 Å². The lowest BCUT2D eigenvalue weighted by Gasteiger charge is -2.22. The number of methoxy groups -OCH3 is 1. The Morgan fingerprint density at radius 2 is 2.11 bits per heavy atom. The molecule has 0 saturated heterocycles. The lowest BCUT2D eigenvalue weighted by molar-refractivity contribution is -0.124. The summed E-state index contributed by atoms with van der Waals surface area (Å²) in [5.74, 6) is 0.710. The Balaban J connectivity index is 2.94. The largest absolute Gasteiger partial charge is 0.495 e. The van der Waals surface area contributed by atoms with Crippen molar-refractivity contribution in [2.24, 2.45) is 5.41 Å². The predicted octanol–water partition coefficient (Wildman–Crippen LogP) is 3.79. The van der Waals surface area contributed by atoms with E-state index in [2.05, 4.69) is 5.32 Å². The van der Waals surface area contributed by atoms with Crippen LogP contribution in [0.3, 0.4) is 0 Å². The van der Waals surface area contributed by atoms with Crippen molar-refractivity contribution < 1.29 is 9.53 Å². The minimum atomic E-state index is -0.372. The number of amides is 1. The van der Waals surface area contributed by atoms with Crippen LogP contribution >= 0.6 is 11.8 Å². The summed E-state index contributed by atoms with van der Waals surface area (Å²) in [4.78, 5) is 13.2. The van der Waals surface area contributed by atoms with Crippen LogP contribution in [0.5, 0.6) is 5.75 Å². The Morgan fingerprint density at radius 3 is 2.61 bits per heavy atom. The highest BCUT2D eigenvalue weighted by Crippen LogP contribution is 2.31. The molecule has 0 atom stereocenters. The molecule has 0 saturated carbocycles. The average Bonchev–Trinajstić information content (AvgIpc) is 2.38. The molecule has 4 heteroatoms. The van der Waals surface area contributed by atoms with Crippen LogP contribution in [-0.2, 0) is 4.79 Å². The number of carbonyl (C=O) groups is 1. The van der Waals surface area contributed by atoms with Crippen LogP contribution in [0.25, 0.3) is 0 Å². The summed E-state index contributed by atoms with van der Waals surface area (Å²) in [5, 5.41) is 2.93. The van der Waals surface area contributed by atoms with Gasteiger partial charge in [0, 0.05) is 10.3 Å². The minimum Gasteiger partial charge on any atom is -0.495 e. The van der Waals surface area contributed by atoms with Crippen molar-refractivity contribution in [2.75, 3.05) is 18.7 Å². The standard InChI is InChI=1S/C14H21NO2S/c1-6-14(2,3)13(16)15-11-8-7-10(18-5)9-12(11)17-4/h7-9H,6H2,1-5H3,(H,15,16). The van der Waals surface area contributed by atoms with Gasteiger partial charge in [-0.3, -0.25) is 4.79 Å². The number of carbonyl (C=O) groups excluding carboxylic acids is 1. The number of hydrogen-bond acceptors (Lipinski definition) is 3. The fraction of sp³-hybridized carbons (Fsp3) is 0.500. The molecular weight excluding hydrogens is 246 g/mol. The Kier molecular flexibility index (Phi) is 5.08. The van der Waals surface area contributed by atoms with Crippen molar-refractivity contribution in [3.8, 4) is 5.75 Å². The van der Waals surface area contributed by atoms with Crippen LogP contribution in [0, 0.1) is 5.41 Å². The molecule has 100 valence electrons. The summed E-state index contributed by atoms with van der Waals surface area (Å²) in [5.41, 5.74) is 0.352. The van der Waals surface area contributed by atoms with Gasteiger partial charge in [0.2, 0.25) is 5.91 Å². The zero-order valence-corrected chi connectivity index (χ0v) is 12.5. The molecule has 0 aliphatic rings. The predicted molar refractivity (Wildman–Crippen MR) is 77.5 cm³/mol. The van der Waals surface area contributed by atoms with E-state index in [-0.39, 0.29) is 11.3 Å². The first-order valence-electron chi connectivity index (χ1n) is 5.98. The summed E-state index contributed by atoms with van der Waals surface area (Å²) in [6.07, 6.45) is 2.80. The second-order valence-corrected chi connectivity index (χ2v) is 5.64. The first-order valence-corrected chi connectivity index (χ1v) is 7.20.